The maximum Gasteiger partial charge on any atom is 0.125 e. The molecule has 4 heteroatoms. The first-order chi connectivity index (χ1) is 9.06. The van der Waals surface area contributed by atoms with Crippen LogP contribution in [-0.4, -0.2) is 5.11 Å². The molecule has 0 saturated heterocycles. The normalized spacial score (nSPS) is 12.2. The van der Waals surface area contributed by atoms with Gasteiger partial charge in [0.25, 0.3) is 0 Å². The van der Waals surface area contributed by atoms with Gasteiger partial charge in [-0.2, -0.15) is 0 Å². The molecule has 1 N–H and O–H groups in total. The lowest BCUT2D eigenvalue weighted by Gasteiger charge is -2.13. The predicted octanol–water partition coefficient (Wildman–Crippen LogP) is 4.22. The Morgan fingerprint density at radius 2 is 2.05 bits per heavy atom. The molecule has 19 heavy (non-hydrogen) atoms. The van der Waals surface area contributed by atoms with Crippen molar-refractivity contribution in [3.63, 3.8) is 0 Å². The molecule has 100 valence electrons. The van der Waals surface area contributed by atoms with Crippen molar-refractivity contribution in [2.45, 2.75) is 19.6 Å². The average molecular weight is 325 g/mol. The van der Waals surface area contributed by atoms with E-state index in [4.69, 9.17) is 4.74 Å². The second kappa shape index (κ2) is 6.17. The number of halogens is 2. The van der Waals surface area contributed by atoms with Gasteiger partial charge in [0.1, 0.15) is 18.2 Å². The molecule has 1 atom stereocenters. The van der Waals surface area contributed by atoms with E-state index in [9.17, 15) is 9.50 Å². The van der Waals surface area contributed by atoms with Crippen LogP contribution in [0.1, 0.15) is 24.2 Å². The van der Waals surface area contributed by atoms with Gasteiger partial charge in [-0.1, -0.05) is 28.1 Å². The first-order valence-corrected chi connectivity index (χ1v) is 6.70. The fourth-order valence-electron chi connectivity index (χ4n) is 1.77. The van der Waals surface area contributed by atoms with Crippen LogP contribution in [-0.2, 0) is 6.61 Å². The Kier molecular flexibility index (Phi) is 4.56. The first kappa shape index (κ1) is 14.0. The summed E-state index contributed by atoms with van der Waals surface area (Å²) in [6.45, 7) is 1.95. The van der Waals surface area contributed by atoms with Crippen molar-refractivity contribution < 1.29 is 14.2 Å². The van der Waals surface area contributed by atoms with E-state index in [1.807, 2.05) is 24.3 Å². The topological polar surface area (TPSA) is 29.5 Å². The second-order valence-electron chi connectivity index (χ2n) is 4.28. The van der Waals surface area contributed by atoms with Crippen LogP contribution in [0.5, 0.6) is 5.75 Å². The summed E-state index contributed by atoms with van der Waals surface area (Å²) >= 11 is 3.39. The molecule has 2 aromatic rings. The lowest BCUT2D eigenvalue weighted by molar-refractivity contribution is 0.189. The van der Waals surface area contributed by atoms with E-state index in [1.54, 1.807) is 6.92 Å². The molecule has 0 bridgehead atoms. The first-order valence-electron chi connectivity index (χ1n) is 5.91. The molecule has 0 aliphatic heterocycles. The van der Waals surface area contributed by atoms with Gasteiger partial charge < -0.3 is 9.84 Å². The minimum absolute atomic E-state index is 0.366. The van der Waals surface area contributed by atoms with Crippen molar-refractivity contribution in [1.29, 1.82) is 0 Å². The molecule has 0 heterocycles. The summed E-state index contributed by atoms with van der Waals surface area (Å²) < 4.78 is 19.8. The van der Waals surface area contributed by atoms with Crippen LogP contribution < -0.4 is 4.74 Å². The van der Waals surface area contributed by atoms with Gasteiger partial charge in [0, 0.05) is 10.0 Å². The van der Waals surface area contributed by atoms with Gasteiger partial charge >= 0.3 is 0 Å². The van der Waals surface area contributed by atoms with Gasteiger partial charge in [-0.3, -0.25) is 0 Å². The summed E-state index contributed by atoms with van der Waals surface area (Å²) in [4.78, 5) is 0. The Morgan fingerprint density at radius 3 is 2.74 bits per heavy atom. The predicted molar refractivity (Wildman–Crippen MR) is 75.5 cm³/mol. The van der Waals surface area contributed by atoms with Crippen LogP contribution in [0.3, 0.4) is 0 Å². The summed E-state index contributed by atoms with van der Waals surface area (Å²) in [6.07, 6.45) is -0.770. The van der Waals surface area contributed by atoms with Crippen LogP contribution in [0.25, 0.3) is 0 Å². The summed E-state index contributed by atoms with van der Waals surface area (Å²) in [5, 5.41) is 9.62. The molecular formula is C15H14BrFO2. The van der Waals surface area contributed by atoms with E-state index in [1.165, 1.54) is 18.2 Å². The summed E-state index contributed by atoms with van der Waals surface area (Å²) in [5.41, 5.74) is 1.45. The molecule has 0 saturated carbocycles. The van der Waals surface area contributed by atoms with E-state index in [0.717, 1.165) is 10.0 Å². The highest BCUT2D eigenvalue weighted by Crippen LogP contribution is 2.27. The maximum atomic E-state index is 13.2. The molecule has 0 amide bonds. The van der Waals surface area contributed by atoms with E-state index in [-0.39, 0.29) is 5.82 Å². The molecule has 0 aromatic heterocycles. The number of aliphatic hydroxyl groups excluding tert-OH is 1. The zero-order chi connectivity index (χ0) is 13.8. The smallest absolute Gasteiger partial charge is 0.125 e. The molecular weight excluding hydrogens is 311 g/mol. The van der Waals surface area contributed by atoms with E-state index < -0.39 is 6.10 Å². The molecule has 2 rings (SSSR count). The number of ether oxygens (including phenoxy) is 1. The van der Waals surface area contributed by atoms with Gasteiger partial charge in [-0.25, -0.2) is 4.39 Å². The van der Waals surface area contributed by atoms with E-state index in [0.29, 0.717) is 17.9 Å². The maximum absolute atomic E-state index is 13.2. The minimum atomic E-state index is -0.770. The van der Waals surface area contributed by atoms with Crippen molar-refractivity contribution in [2.75, 3.05) is 0 Å². The number of benzene rings is 2. The summed E-state index contributed by atoms with van der Waals surface area (Å²) in [7, 11) is 0. The molecule has 0 radical (unpaired) electrons. The van der Waals surface area contributed by atoms with Gasteiger partial charge in [-0.15, -0.1) is 0 Å². The number of hydrogen-bond acceptors (Lipinski definition) is 2. The lowest BCUT2D eigenvalue weighted by Crippen LogP contribution is -2.01. The highest BCUT2D eigenvalue weighted by atomic mass is 79.9. The lowest BCUT2D eigenvalue weighted by atomic mass is 10.1. The monoisotopic (exact) mass is 324 g/mol. The molecule has 2 aromatic carbocycles. The van der Waals surface area contributed by atoms with Gasteiger partial charge in [0.2, 0.25) is 0 Å². The fourth-order valence-corrected chi connectivity index (χ4v) is 2.21. The minimum Gasteiger partial charge on any atom is -0.489 e. The largest absolute Gasteiger partial charge is 0.489 e. The Bertz CT molecular complexity index is 570. The molecule has 2 nitrogen and oxygen atoms in total. The van der Waals surface area contributed by atoms with E-state index in [2.05, 4.69) is 15.9 Å². The van der Waals surface area contributed by atoms with Crippen molar-refractivity contribution in [1.82, 2.24) is 0 Å². The van der Waals surface area contributed by atoms with E-state index >= 15 is 0 Å². The Hall–Kier alpha value is -1.39. The zero-order valence-electron chi connectivity index (χ0n) is 10.4. The van der Waals surface area contributed by atoms with Gasteiger partial charge in [0.15, 0.2) is 0 Å². The third-order valence-corrected chi connectivity index (χ3v) is 3.20. The average Bonchev–Trinajstić information content (AvgIpc) is 2.37. The summed E-state index contributed by atoms with van der Waals surface area (Å²) in [6, 6.07) is 11.9. The molecule has 0 spiro atoms. The molecule has 0 fully saturated rings. The van der Waals surface area contributed by atoms with Crippen LogP contribution in [0.2, 0.25) is 0 Å². The van der Waals surface area contributed by atoms with Crippen LogP contribution in [0, 0.1) is 5.82 Å². The van der Waals surface area contributed by atoms with Crippen molar-refractivity contribution in [3.8, 4) is 5.75 Å². The molecule has 0 aliphatic rings. The number of rotatable bonds is 4. The second-order valence-corrected chi connectivity index (χ2v) is 5.19. The van der Waals surface area contributed by atoms with Crippen molar-refractivity contribution in [2.24, 2.45) is 0 Å². The highest BCUT2D eigenvalue weighted by molar-refractivity contribution is 9.10. The Labute approximate surface area is 120 Å². The quantitative estimate of drug-likeness (QED) is 0.912. The zero-order valence-corrected chi connectivity index (χ0v) is 12.0. The van der Waals surface area contributed by atoms with Crippen LogP contribution in [0.15, 0.2) is 46.9 Å². The van der Waals surface area contributed by atoms with Crippen molar-refractivity contribution >= 4 is 15.9 Å². The van der Waals surface area contributed by atoms with Crippen molar-refractivity contribution in [3.05, 3.63) is 63.9 Å². The van der Waals surface area contributed by atoms with Gasteiger partial charge in [-0.05, 0) is 42.8 Å². The Balaban J connectivity index is 2.15. The van der Waals surface area contributed by atoms with Crippen LogP contribution >= 0.6 is 15.9 Å². The standard InChI is InChI=1S/C15H14BrFO2/c1-10(18)14-8-13(17)5-6-15(14)19-9-11-3-2-4-12(16)7-11/h2-8,10,18H,9H2,1H3/t10-/m1/s1. The third kappa shape index (κ3) is 3.78. The molecule has 0 aliphatic carbocycles. The number of aliphatic hydroxyl groups is 1. The van der Waals surface area contributed by atoms with Gasteiger partial charge in [0.05, 0.1) is 6.10 Å². The third-order valence-electron chi connectivity index (χ3n) is 2.71. The highest BCUT2D eigenvalue weighted by Gasteiger charge is 2.10. The summed E-state index contributed by atoms with van der Waals surface area (Å²) in [5.74, 6) is 0.113. The Morgan fingerprint density at radius 1 is 1.26 bits per heavy atom. The fraction of sp³-hybridized carbons (Fsp3) is 0.200. The van der Waals surface area contributed by atoms with Crippen LogP contribution in [0.4, 0.5) is 4.39 Å². The number of hydrogen-bond donors (Lipinski definition) is 1. The molecule has 0 unspecified atom stereocenters. The SMILES string of the molecule is C[C@@H](O)c1cc(F)ccc1OCc1cccc(Br)c1.